The summed E-state index contributed by atoms with van der Waals surface area (Å²) in [6, 6.07) is 0. The second-order valence-electron chi connectivity index (χ2n) is 5.32. The Balaban J connectivity index is 2.08. The standard InChI is InChI=1S/C13H28N2O2S/c1-14-10-5-6-12-18(16,17)15-11-9-13-7-3-2-4-8-13/h13-15H,2-12H2,1H3. The molecule has 1 fully saturated rings. The zero-order valence-electron chi connectivity index (χ0n) is 11.6. The minimum Gasteiger partial charge on any atom is -0.320 e. The summed E-state index contributed by atoms with van der Waals surface area (Å²) in [4.78, 5) is 0. The lowest BCUT2D eigenvalue weighted by Gasteiger charge is -2.21. The molecule has 0 bridgehead atoms. The first-order valence-electron chi connectivity index (χ1n) is 7.26. The highest BCUT2D eigenvalue weighted by Crippen LogP contribution is 2.25. The van der Waals surface area contributed by atoms with Crippen molar-refractivity contribution in [1.29, 1.82) is 0 Å². The van der Waals surface area contributed by atoms with Crippen molar-refractivity contribution in [2.75, 3.05) is 25.9 Å². The fourth-order valence-corrected chi connectivity index (χ4v) is 3.72. The van der Waals surface area contributed by atoms with Gasteiger partial charge in [0.05, 0.1) is 5.75 Å². The molecule has 0 aromatic heterocycles. The molecule has 2 N–H and O–H groups in total. The van der Waals surface area contributed by atoms with E-state index in [0.29, 0.717) is 6.54 Å². The predicted molar refractivity (Wildman–Crippen MR) is 76.1 cm³/mol. The van der Waals surface area contributed by atoms with Gasteiger partial charge in [0.1, 0.15) is 0 Å². The third-order valence-electron chi connectivity index (χ3n) is 3.69. The molecule has 1 aliphatic rings. The third-order valence-corrected chi connectivity index (χ3v) is 5.16. The monoisotopic (exact) mass is 276 g/mol. The smallest absolute Gasteiger partial charge is 0.211 e. The Labute approximate surface area is 112 Å². The molecule has 0 unspecified atom stereocenters. The molecule has 1 aliphatic carbocycles. The van der Waals surface area contributed by atoms with E-state index in [1.807, 2.05) is 7.05 Å². The van der Waals surface area contributed by atoms with Gasteiger partial charge in [0, 0.05) is 6.54 Å². The highest BCUT2D eigenvalue weighted by atomic mass is 32.2. The van der Waals surface area contributed by atoms with Gasteiger partial charge in [0.2, 0.25) is 10.0 Å². The van der Waals surface area contributed by atoms with Crippen molar-refractivity contribution < 1.29 is 8.42 Å². The van der Waals surface area contributed by atoms with Crippen LogP contribution in [0.4, 0.5) is 0 Å². The summed E-state index contributed by atoms with van der Waals surface area (Å²) in [7, 11) is -1.15. The van der Waals surface area contributed by atoms with Gasteiger partial charge in [-0.1, -0.05) is 32.1 Å². The Morgan fingerprint density at radius 1 is 1.06 bits per heavy atom. The van der Waals surface area contributed by atoms with Crippen molar-refractivity contribution in [3.05, 3.63) is 0 Å². The summed E-state index contributed by atoms with van der Waals surface area (Å²) in [6.07, 6.45) is 9.22. The van der Waals surface area contributed by atoms with Crippen LogP contribution in [-0.2, 0) is 10.0 Å². The Kier molecular flexibility index (Phi) is 7.86. The van der Waals surface area contributed by atoms with Gasteiger partial charge in [0.15, 0.2) is 0 Å². The van der Waals surface area contributed by atoms with Crippen LogP contribution in [-0.4, -0.2) is 34.3 Å². The molecular weight excluding hydrogens is 248 g/mol. The topological polar surface area (TPSA) is 58.2 Å². The first-order chi connectivity index (χ1) is 8.64. The van der Waals surface area contributed by atoms with E-state index in [1.54, 1.807) is 0 Å². The van der Waals surface area contributed by atoms with Crippen molar-refractivity contribution in [1.82, 2.24) is 10.0 Å². The van der Waals surface area contributed by atoms with Crippen LogP contribution in [0.15, 0.2) is 0 Å². The summed E-state index contributed by atoms with van der Waals surface area (Å²) in [5.41, 5.74) is 0. The molecule has 0 aliphatic heterocycles. The summed E-state index contributed by atoms with van der Waals surface area (Å²) in [5.74, 6) is 1.00. The van der Waals surface area contributed by atoms with Crippen LogP contribution < -0.4 is 10.0 Å². The molecule has 0 amide bonds. The highest BCUT2D eigenvalue weighted by molar-refractivity contribution is 7.89. The molecular formula is C13H28N2O2S. The molecule has 0 radical (unpaired) electrons. The fourth-order valence-electron chi connectivity index (χ4n) is 2.56. The van der Waals surface area contributed by atoms with Crippen molar-refractivity contribution >= 4 is 10.0 Å². The van der Waals surface area contributed by atoms with Crippen LogP contribution in [0, 0.1) is 5.92 Å². The van der Waals surface area contributed by atoms with Gasteiger partial charge < -0.3 is 5.32 Å². The molecule has 1 rings (SSSR count). The average molecular weight is 276 g/mol. The molecule has 108 valence electrons. The third kappa shape index (κ3) is 7.34. The number of rotatable bonds is 9. The molecule has 0 aromatic carbocycles. The van der Waals surface area contributed by atoms with Crippen LogP contribution in [0.2, 0.25) is 0 Å². The molecule has 1 saturated carbocycles. The lowest BCUT2D eigenvalue weighted by Crippen LogP contribution is -2.29. The second-order valence-corrected chi connectivity index (χ2v) is 7.24. The van der Waals surface area contributed by atoms with E-state index in [9.17, 15) is 8.42 Å². The maximum atomic E-state index is 11.7. The van der Waals surface area contributed by atoms with Gasteiger partial charge in [0.25, 0.3) is 0 Å². The van der Waals surface area contributed by atoms with E-state index in [0.717, 1.165) is 31.7 Å². The lowest BCUT2D eigenvalue weighted by molar-refractivity contribution is 0.339. The maximum Gasteiger partial charge on any atom is 0.211 e. The van der Waals surface area contributed by atoms with Gasteiger partial charge in [-0.3, -0.25) is 0 Å². The van der Waals surface area contributed by atoms with Gasteiger partial charge in [-0.15, -0.1) is 0 Å². The van der Waals surface area contributed by atoms with Crippen LogP contribution >= 0.6 is 0 Å². The van der Waals surface area contributed by atoms with Crippen LogP contribution in [0.1, 0.15) is 51.4 Å². The van der Waals surface area contributed by atoms with Gasteiger partial charge >= 0.3 is 0 Å². The van der Waals surface area contributed by atoms with E-state index in [2.05, 4.69) is 10.0 Å². The number of sulfonamides is 1. The maximum absolute atomic E-state index is 11.7. The van der Waals surface area contributed by atoms with Crippen LogP contribution in [0.3, 0.4) is 0 Å². The van der Waals surface area contributed by atoms with Crippen LogP contribution in [0.25, 0.3) is 0 Å². The average Bonchev–Trinajstić information content (AvgIpc) is 2.36. The molecule has 5 heteroatoms. The minimum atomic E-state index is -3.04. The Hall–Kier alpha value is -0.130. The van der Waals surface area contributed by atoms with E-state index < -0.39 is 10.0 Å². The fraction of sp³-hybridized carbons (Fsp3) is 1.00. The van der Waals surface area contributed by atoms with Gasteiger partial charge in [-0.25, -0.2) is 13.1 Å². The van der Waals surface area contributed by atoms with E-state index in [1.165, 1.54) is 32.1 Å². The van der Waals surface area contributed by atoms with Gasteiger partial charge in [-0.05, 0) is 38.8 Å². The molecule has 0 spiro atoms. The number of nitrogens with one attached hydrogen (secondary N) is 2. The Bertz CT molecular complexity index is 298. The van der Waals surface area contributed by atoms with E-state index >= 15 is 0 Å². The van der Waals surface area contributed by atoms with Crippen molar-refractivity contribution in [3.63, 3.8) is 0 Å². The minimum absolute atomic E-state index is 0.263. The van der Waals surface area contributed by atoms with Crippen LogP contribution in [0.5, 0.6) is 0 Å². The highest BCUT2D eigenvalue weighted by Gasteiger charge is 2.15. The zero-order valence-corrected chi connectivity index (χ0v) is 12.4. The SMILES string of the molecule is CNCCCCS(=O)(=O)NCCC1CCCCC1. The summed E-state index contributed by atoms with van der Waals surface area (Å²) >= 11 is 0. The summed E-state index contributed by atoms with van der Waals surface area (Å²) in [5, 5.41) is 3.02. The second kappa shape index (κ2) is 8.88. The molecule has 18 heavy (non-hydrogen) atoms. The molecule has 0 saturated heterocycles. The predicted octanol–water partition coefficient (Wildman–Crippen LogP) is 1.88. The van der Waals surface area contributed by atoms with Crippen molar-refractivity contribution in [2.45, 2.75) is 51.4 Å². The first kappa shape index (κ1) is 15.9. The molecule has 0 atom stereocenters. The van der Waals surface area contributed by atoms with E-state index in [4.69, 9.17) is 0 Å². The number of unbranched alkanes of at least 4 members (excludes halogenated alkanes) is 1. The molecule has 0 heterocycles. The summed E-state index contributed by atoms with van der Waals surface area (Å²) in [6.45, 7) is 1.51. The van der Waals surface area contributed by atoms with Gasteiger partial charge in [-0.2, -0.15) is 0 Å². The number of hydrogen-bond donors (Lipinski definition) is 2. The van der Waals surface area contributed by atoms with E-state index in [-0.39, 0.29) is 5.75 Å². The Morgan fingerprint density at radius 3 is 2.44 bits per heavy atom. The quantitative estimate of drug-likeness (QED) is 0.632. The molecule has 4 nitrogen and oxygen atoms in total. The normalized spacial score (nSPS) is 18.1. The zero-order chi connectivity index (χ0) is 13.3. The number of hydrogen-bond acceptors (Lipinski definition) is 3. The summed E-state index contributed by atoms with van der Waals surface area (Å²) < 4.78 is 26.1. The first-order valence-corrected chi connectivity index (χ1v) is 8.91. The lowest BCUT2D eigenvalue weighted by atomic mass is 9.87. The van der Waals surface area contributed by atoms with Crippen molar-refractivity contribution in [3.8, 4) is 0 Å². The van der Waals surface area contributed by atoms with Crippen molar-refractivity contribution in [2.24, 2.45) is 5.92 Å². The largest absolute Gasteiger partial charge is 0.320 e. The Morgan fingerprint density at radius 2 is 1.78 bits per heavy atom. The molecule has 0 aromatic rings.